The SMILES string of the molecule is CCCn1c(SCC(=O)Nc2ccccc2OCC)nnc1-c1ccco1. The highest BCUT2D eigenvalue weighted by atomic mass is 32.2. The van der Waals surface area contributed by atoms with Crippen LogP contribution in [-0.4, -0.2) is 33.0 Å². The average Bonchev–Trinajstić information content (AvgIpc) is 3.32. The molecule has 0 radical (unpaired) electrons. The van der Waals surface area contributed by atoms with Gasteiger partial charge < -0.3 is 14.5 Å². The summed E-state index contributed by atoms with van der Waals surface area (Å²) in [5.74, 6) is 2.09. The zero-order chi connectivity index (χ0) is 19.1. The van der Waals surface area contributed by atoms with Crippen LogP contribution >= 0.6 is 11.8 Å². The van der Waals surface area contributed by atoms with E-state index < -0.39 is 0 Å². The van der Waals surface area contributed by atoms with Crippen molar-refractivity contribution in [1.29, 1.82) is 0 Å². The second kappa shape index (κ2) is 9.27. The van der Waals surface area contributed by atoms with Crippen molar-refractivity contribution in [2.75, 3.05) is 17.7 Å². The smallest absolute Gasteiger partial charge is 0.234 e. The molecular weight excluding hydrogens is 364 g/mol. The van der Waals surface area contributed by atoms with Gasteiger partial charge in [-0.15, -0.1) is 10.2 Å². The summed E-state index contributed by atoms with van der Waals surface area (Å²) < 4.78 is 12.9. The number of anilines is 1. The summed E-state index contributed by atoms with van der Waals surface area (Å²) in [5.41, 5.74) is 0.663. The molecule has 142 valence electrons. The summed E-state index contributed by atoms with van der Waals surface area (Å²) in [6, 6.07) is 11.1. The molecule has 0 spiro atoms. The van der Waals surface area contributed by atoms with Crippen LogP contribution in [0.4, 0.5) is 5.69 Å². The van der Waals surface area contributed by atoms with Crippen molar-refractivity contribution in [3.05, 3.63) is 42.7 Å². The fourth-order valence-electron chi connectivity index (χ4n) is 2.58. The lowest BCUT2D eigenvalue weighted by atomic mass is 10.3. The predicted octanol–water partition coefficient (Wildman–Crippen LogP) is 4.08. The Bertz CT molecular complexity index is 877. The Morgan fingerprint density at radius 1 is 1.22 bits per heavy atom. The third kappa shape index (κ3) is 4.71. The molecule has 7 nitrogen and oxygen atoms in total. The Morgan fingerprint density at radius 3 is 2.81 bits per heavy atom. The zero-order valence-electron chi connectivity index (χ0n) is 15.3. The number of para-hydroxylation sites is 2. The van der Waals surface area contributed by atoms with E-state index in [4.69, 9.17) is 9.15 Å². The number of hydrogen-bond donors (Lipinski definition) is 1. The van der Waals surface area contributed by atoms with Crippen molar-refractivity contribution in [3.63, 3.8) is 0 Å². The molecule has 0 fully saturated rings. The van der Waals surface area contributed by atoms with Crippen LogP contribution in [0.3, 0.4) is 0 Å². The number of nitrogens with one attached hydrogen (secondary N) is 1. The number of rotatable bonds is 9. The second-order valence-corrected chi connectivity index (χ2v) is 6.64. The third-order valence-electron chi connectivity index (χ3n) is 3.70. The average molecular weight is 386 g/mol. The van der Waals surface area contributed by atoms with Crippen LogP contribution in [0.2, 0.25) is 0 Å². The van der Waals surface area contributed by atoms with Crippen molar-refractivity contribution in [1.82, 2.24) is 14.8 Å². The van der Waals surface area contributed by atoms with E-state index in [1.54, 1.807) is 6.26 Å². The van der Waals surface area contributed by atoms with Gasteiger partial charge in [-0.25, -0.2) is 0 Å². The first-order chi connectivity index (χ1) is 13.2. The zero-order valence-corrected chi connectivity index (χ0v) is 16.2. The van der Waals surface area contributed by atoms with Gasteiger partial charge in [0, 0.05) is 6.54 Å². The molecule has 0 aliphatic carbocycles. The molecule has 0 aliphatic rings. The minimum absolute atomic E-state index is 0.127. The maximum absolute atomic E-state index is 12.4. The topological polar surface area (TPSA) is 82.2 Å². The van der Waals surface area contributed by atoms with E-state index in [2.05, 4.69) is 22.4 Å². The number of carbonyl (C=O) groups is 1. The van der Waals surface area contributed by atoms with Crippen molar-refractivity contribution in [2.45, 2.75) is 32.0 Å². The number of thioether (sulfide) groups is 1. The number of carbonyl (C=O) groups excluding carboxylic acids is 1. The summed E-state index contributed by atoms with van der Waals surface area (Å²) in [5, 5.41) is 12.0. The van der Waals surface area contributed by atoms with Gasteiger partial charge in [0.15, 0.2) is 16.7 Å². The number of amides is 1. The summed E-state index contributed by atoms with van der Waals surface area (Å²) in [7, 11) is 0. The standard InChI is InChI=1S/C19H22N4O3S/c1-3-11-23-18(16-10-7-12-26-16)21-22-19(23)27-13-17(24)20-14-8-5-6-9-15(14)25-4-2/h5-10,12H,3-4,11,13H2,1-2H3,(H,20,24). The third-order valence-corrected chi connectivity index (χ3v) is 4.67. The molecule has 0 bridgehead atoms. The van der Waals surface area contributed by atoms with Crippen LogP contribution in [0.25, 0.3) is 11.6 Å². The van der Waals surface area contributed by atoms with E-state index >= 15 is 0 Å². The number of nitrogens with zero attached hydrogens (tertiary/aromatic N) is 3. The molecule has 3 rings (SSSR count). The molecule has 2 aromatic heterocycles. The molecule has 0 saturated heterocycles. The van der Waals surface area contributed by atoms with Gasteiger partial charge in [-0.3, -0.25) is 9.36 Å². The van der Waals surface area contributed by atoms with Crippen molar-refractivity contribution < 1.29 is 13.9 Å². The van der Waals surface area contributed by atoms with E-state index in [1.807, 2.05) is 47.9 Å². The first kappa shape index (κ1) is 19.0. The highest BCUT2D eigenvalue weighted by Crippen LogP contribution is 2.26. The Kier molecular flexibility index (Phi) is 6.54. The number of ether oxygens (including phenoxy) is 1. The molecule has 1 aromatic carbocycles. The molecule has 0 atom stereocenters. The Labute approximate surface area is 162 Å². The van der Waals surface area contributed by atoms with Crippen molar-refractivity contribution in [3.8, 4) is 17.3 Å². The monoisotopic (exact) mass is 386 g/mol. The molecule has 0 unspecified atom stereocenters. The number of aromatic nitrogens is 3. The van der Waals surface area contributed by atoms with E-state index in [-0.39, 0.29) is 11.7 Å². The van der Waals surface area contributed by atoms with Crippen LogP contribution in [0.15, 0.2) is 52.2 Å². The van der Waals surface area contributed by atoms with Gasteiger partial charge in [0.25, 0.3) is 0 Å². The van der Waals surface area contributed by atoms with E-state index in [1.165, 1.54) is 11.8 Å². The molecule has 0 saturated carbocycles. The van der Waals surface area contributed by atoms with Crippen LogP contribution in [-0.2, 0) is 11.3 Å². The molecule has 27 heavy (non-hydrogen) atoms. The lowest BCUT2D eigenvalue weighted by Gasteiger charge is -2.11. The van der Waals surface area contributed by atoms with Crippen LogP contribution in [0.1, 0.15) is 20.3 Å². The van der Waals surface area contributed by atoms with Crippen LogP contribution < -0.4 is 10.1 Å². The molecule has 1 amide bonds. The fourth-order valence-corrected chi connectivity index (χ4v) is 3.34. The lowest BCUT2D eigenvalue weighted by Crippen LogP contribution is -2.15. The van der Waals surface area contributed by atoms with Gasteiger partial charge in [-0.2, -0.15) is 0 Å². The highest BCUT2D eigenvalue weighted by molar-refractivity contribution is 7.99. The molecular formula is C19H22N4O3S. The quantitative estimate of drug-likeness (QED) is 0.558. The maximum Gasteiger partial charge on any atom is 0.234 e. The summed E-state index contributed by atoms with van der Waals surface area (Å²) in [6.45, 7) is 5.28. The van der Waals surface area contributed by atoms with Gasteiger partial charge in [0.2, 0.25) is 5.91 Å². The minimum Gasteiger partial charge on any atom is -0.492 e. The number of hydrogen-bond acceptors (Lipinski definition) is 6. The minimum atomic E-state index is -0.127. The van der Waals surface area contributed by atoms with Crippen molar-refractivity contribution >= 4 is 23.4 Å². The Balaban J connectivity index is 1.67. The van der Waals surface area contributed by atoms with Crippen LogP contribution in [0, 0.1) is 0 Å². The molecule has 1 N–H and O–H groups in total. The predicted molar refractivity (Wildman–Crippen MR) is 105 cm³/mol. The Hall–Kier alpha value is -2.74. The maximum atomic E-state index is 12.4. The second-order valence-electron chi connectivity index (χ2n) is 5.70. The molecule has 0 aliphatic heterocycles. The lowest BCUT2D eigenvalue weighted by molar-refractivity contribution is -0.113. The van der Waals surface area contributed by atoms with E-state index in [9.17, 15) is 4.79 Å². The number of furan rings is 1. The summed E-state index contributed by atoms with van der Waals surface area (Å²) >= 11 is 1.35. The summed E-state index contributed by atoms with van der Waals surface area (Å²) in [6.07, 6.45) is 2.53. The first-order valence-electron chi connectivity index (χ1n) is 8.84. The molecule has 3 aromatic rings. The normalized spacial score (nSPS) is 10.7. The first-order valence-corrected chi connectivity index (χ1v) is 9.83. The molecule has 2 heterocycles. The Morgan fingerprint density at radius 2 is 2.07 bits per heavy atom. The van der Waals surface area contributed by atoms with Crippen molar-refractivity contribution in [2.24, 2.45) is 0 Å². The highest BCUT2D eigenvalue weighted by Gasteiger charge is 2.17. The summed E-state index contributed by atoms with van der Waals surface area (Å²) in [4.78, 5) is 12.4. The van der Waals surface area contributed by atoms with Gasteiger partial charge in [0.1, 0.15) is 5.75 Å². The number of benzene rings is 1. The fraction of sp³-hybridized carbons (Fsp3) is 0.316. The van der Waals surface area contributed by atoms with Gasteiger partial charge >= 0.3 is 0 Å². The van der Waals surface area contributed by atoms with E-state index in [0.29, 0.717) is 34.8 Å². The van der Waals surface area contributed by atoms with Gasteiger partial charge in [-0.05, 0) is 37.6 Å². The van der Waals surface area contributed by atoms with Gasteiger partial charge in [0.05, 0.1) is 24.3 Å². The largest absolute Gasteiger partial charge is 0.492 e. The van der Waals surface area contributed by atoms with Gasteiger partial charge in [-0.1, -0.05) is 30.8 Å². The van der Waals surface area contributed by atoms with E-state index in [0.717, 1.165) is 13.0 Å². The van der Waals surface area contributed by atoms with Crippen LogP contribution in [0.5, 0.6) is 5.75 Å². The molecule has 8 heteroatoms.